The fourth-order valence-corrected chi connectivity index (χ4v) is 4.54. The van der Waals surface area contributed by atoms with Gasteiger partial charge in [0.15, 0.2) is 0 Å². The predicted molar refractivity (Wildman–Crippen MR) is 86.8 cm³/mol. The molecule has 1 aliphatic rings. The van der Waals surface area contributed by atoms with E-state index in [-0.39, 0.29) is 5.75 Å². The molecule has 0 aliphatic heterocycles. The second-order valence-electron chi connectivity index (χ2n) is 6.88. The monoisotopic (exact) mass is 303 g/mol. The van der Waals surface area contributed by atoms with Gasteiger partial charge in [-0.15, -0.1) is 0 Å². The summed E-state index contributed by atoms with van der Waals surface area (Å²) in [6.45, 7) is 9.61. The molecular weight excluding hydrogens is 270 g/mol. The number of hydrogen-bond donors (Lipinski definition) is 1. The molecule has 0 aromatic carbocycles. The van der Waals surface area contributed by atoms with Crippen LogP contribution in [0.2, 0.25) is 0 Å². The van der Waals surface area contributed by atoms with E-state index in [4.69, 9.17) is 0 Å². The quantitative estimate of drug-likeness (QED) is 0.747. The molecule has 1 aliphatic carbocycles. The van der Waals surface area contributed by atoms with Crippen molar-refractivity contribution in [2.24, 2.45) is 11.3 Å². The van der Waals surface area contributed by atoms with Crippen LogP contribution in [-0.4, -0.2) is 32.5 Å². The van der Waals surface area contributed by atoms with E-state index in [1.54, 1.807) is 6.92 Å². The van der Waals surface area contributed by atoms with Crippen LogP contribution in [0.5, 0.6) is 0 Å². The van der Waals surface area contributed by atoms with E-state index in [1.807, 2.05) is 0 Å². The molecule has 20 heavy (non-hydrogen) atoms. The number of rotatable bonds is 8. The topological polar surface area (TPSA) is 46.2 Å². The van der Waals surface area contributed by atoms with Gasteiger partial charge in [0.1, 0.15) is 9.84 Å². The average molecular weight is 304 g/mol. The first kappa shape index (κ1) is 18.0. The molecule has 0 amide bonds. The zero-order valence-electron chi connectivity index (χ0n) is 13.7. The van der Waals surface area contributed by atoms with E-state index >= 15 is 0 Å². The Hall–Kier alpha value is -0.0900. The molecular formula is C16H33NO2S. The van der Waals surface area contributed by atoms with Crippen LogP contribution in [0.1, 0.15) is 66.2 Å². The average Bonchev–Trinajstić information content (AvgIpc) is 2.37. The number of sulfone groups is 1. The summed E-state index contributed by atoms with van der Waals surface area (Å²) in [6.07, 6.45) is 7.02. The highest BCUT2D eigenvalue weighted by Gasteiger charge is 2.36. The van der Waals surface area contributed by atoms with Gasteiger partial charge in [0, 0.05) is 11.8 Å². The maximum absolute atomic E-state index is 11.6. The third-order valence-corrected chi connectivity index (χ3v) is 6.74. The summed E-state index contributed by atoms with van der Waals surface area (Å²) in [7, 11) is -2.82. The van der Waals surface area contributed by atoms with Crippen molar-refractivity contribution in [3.63, 3.8) is 0 Å². The smallest absolute Gasteiger partial charge is 0.150 e. The Bertz CT molecular complexity index is 376. The van der Waals surface area contributed by atoms with Gasteiger partial charge in [-0.1, -0.05) is 40.5 Å². The van der Waals surface area contributed by atoms with Crippen LogP contribution in [0.15, 0.2) is 0 Å². The van der Waals surface area contributed by atoms with Crippen LogP contribution in [0.25, 0.3) is 0 Å². The molecule has 0 radical (unpaired) electrons. The Morgan fingerprint density at radius 3 is 2.50 bits per heavy atom. The minimum absolute atomic E-state index is 0.272. The first-order valence-electron chi connectivity index (χ1n) is 8.26. The lowest BCUT2D eigenvalue weighted by atomic mass is 9.65. The van der Waals surface area contributed by atoms with Gasteiger partial charge in [0.2, 0.25) is 0 Å². The fraction of sp³-hybridized carbons (Fsp3) is 1.00. The molecule has 2 unspecified atom stereocenters. The van der Waals surface area contributed by atoms with E-state index in [0.29, 0.717) is 23.1 Å². The van der Waals surface area contributed by atoms with E-state index in [2.05, 4.69) is 26.1 Å². The van der Waals surface area contributed by atoms with Crippen molar-refractivity contribution < 1.29 is 8.42 Å². The Balaban J connectivity index is 2.59. The summed E-state index contributed by atoms with van der Waals surface area (Å²) >= 11 is 0. The number of nitrogens with one attached hydrogen (secondary N) is 1. The molecule has 1 saturated carbocycles. The number of hydrogen-bond acceptors (Lipinski definition) is 3. The lowest BCUT2D eigenvalue weighted by Crippen LogP contribution is -2.45. The molecule has 1 rings (SSSR count). The first-order chi connectivity index (χ1) is 9.32. The molecule has 120 valence electrons. The highest BCUT2D eigenvalue weighted by atomic mass is 32.2. The molecule has 0 aromatic rings. The maximum atomic E-state index is 11.6. The van der Waals surface area contributed by atoms with Crippen molar-refractivity contribution in [2.45, 2.75) is 72.3 Å². The molecule has 1 fully saturated rings. The van der Waals surface area contributed by atoms with E-state index in [1.165, 1.54) is 25.7 Å². The van der Waals surface area contributed by atoms with Crippen LogP contribution in [0.3, 0.4) is 0 Å². The summed E-state index contributed by atoms with van der Waals surface area (Å²) in [5, 5.41) is 3.62. The van der Waals surface area contributed by atoms with Gasteiger partial charge in [0.25, 0.3) is 0 Å². The Labute approximate surface area is 125 Å². The Morgan fingerprint density at radius 2 is 1.95 bits per heavy atom. The van der Waals surface area contributed by atoms with Crippen LogP contribution in [-0.2, 0) is 9.84 Å². The molecule has 0 bridgehead atoms. The molecule has 3 nitrogen and oxygen atoms in total. The van der Waals surface area contributed by atoms with Crippen LogP contribution >= 0.6 is 0 Å². The molecule has 1 N–H and O–H groups in total. The van der Waals surface area contributed by atoms with Gasteiger partial charge in [-0.3, -0.25) is 0 Å². The highest BCUT2D eigenvalue weighted by Crippen LogP contribution is 2.43. The van der Waals surface area contributed by atoms with Crippen LogP contribution < -0.4 is 5.32 Å². The van der Waals surface area contributed by atoms with Crippen molar-refractivity contribution >= 4 is 9.84 Å². The largest absolute Gasteiger partial charge is 0.314 e. The van der Waals surface area contributed by atoms with Crippen molar-refractivity contribution in [1.82, 2.24) is 5.32 Å². The molecule has 0 aromatic heterocycles. The maximum Gasteiger partial charge on any atom is 0.150 e. The van der Waals surface area contributed by atoms with Gasteiger partial charge in [-0.25, -0.2) is 8.42 Å². The highest BCUT2D eigenvalue weighted by molar-refractivity contribution is 7.91. The summed E-state index contributed by atoms with van der Waals surface area (Å²) < 4.78 is 23.2. The van der Waals surface area contributed by atoms with E-state index < -0.39 is 9.84 Å². The third kappa shape index (κ3) is 5.36. The van der Waals surface area contributed by atoms with Gasteiger partial charge in [-0.2, -0.15) is 0 Å². The van der Waals surface area contributed by atoms with Gasteiger partial charge in [0.05, 0.1) is 5.75 Å². The van der Waals surface area contributed by atoms with Crippen LogP contribution in [0.4, 0.5) is 0 Å². The van der Waals surface area contributed by atoms with Crippen molar-refractivity contribution in [1.29, 1.82) is 0 Å². The summed E-state index contributed by atoms with van der Waals surface area (Å²) in [4.78, 5) is 0. The Kier molecular flexibility index (Phi) is 6.99. The lowest BCUT2D eigenvalue weighted by molar-refractivity contribution is 0.0951. The summed E-state index contributed by atoms with van der Waals surface area (Å²) in [5.41, 5.74) is 0.384. The minimum Gasteiger partial charge on any atom is -0.314 e. The fourth-order valence-electron chi connectivity index (χ4n) is 3.64. The van der Waals surface area contributed by atoms with E-state index in [0.717, 1.165) is 19.4 Å². The van der Waals surface area contributed by atoms with Crippen molar-refractivity contribution in [2.75, 3.05) is 18.1 Å². The summed E-state index contributed by atoms with van der Waals surface area (Å²) in [5.74, 6) is 1.30. The third-order valence-electron chi connectivity index (χ3n) is 4.95. The van der Waals surface area contributed by atoms with Gasteiger partial charge >= 0.3 is 0 Å². The van der Waals surface area contributed by atoms with Gasteiger partial charge < -0.3 is 5.32 Å². The molecule has 0 heterocycles. The predicted octanol–water partition coefficient (Wildman–Crippen LogP) is 3.40. The van der Waals surface area contributed by atoms with Crippen molar-refractivity contribution in [3.8, 4) is 0 Å². The molecule has 0 spiro atoms. The Morgan fingerprint density at radius 1 is 1.25 bits per heavy atom. The minimum atomic E-state index is -2.82. The standard InChI is InChI=1S/C16H33NO2S/c1-5-17-15(11-9-13-20(18,19)6-2)14-10-7-8-12-16(14,3)4/h14-15,17H,5-13H2,1-4H3. The summed E-state index contributed by atoms with van der Waals surface area (Å²) in [6, 6.07) is 0.474. The van der Waals surface area contributed by atoms with E-state index in [9.17, 15) is 8.42 Å². The molecule has 0 saturated heterocycles. The van der Waals surface area contributed by atoms with Gasteiger partial charge in [-0.05, 0) is 43.6 Å². The SMILES string of the molecule is CCNC(CCCS(=O)(=O)CC)C1CCCCC1(C)C. The zero-order valence-corrected chi connectivity index (χ0v) is 14.6. The van der Waals surface area contributed by atoms with Crippen molar-refractivity contribution in [3.05, 3.63) is 0 Å². The molecule has 4 heteroatoms. The second-order valence-corrected chi connectivity index (χ2v) is 9.36. The lowest BCUT2D eigenvalue weighted by Gasteiger charge is -2.43. The molecule has 2 atom stereocenters. The first-order valence-corrected chi connectivity index (χ1v) is 10.1. The second kappa shape index (κ2) is 7.79. The zero-order chi connectivity index (χ0) is 15.2. The van der Waals surface area contributed by atoms with Crippen LogP contribution in [0, 0.1) is 11.3 Å². The normalized spacial score (nSPS) is 24.5.